The highest BCUT2D eigenvalue weighted by Gasteiger charge is 2.51. The predicted molar refractivity (Wildman–Crippen MR) is 210 cm³/mol. The number of hydrogen-bond donors (Lipinski definition) is 5. The fraction of sp³-hybridized carbons (Fsp3) is 0.614. The molecule has 11 heteroatoms. The zero-order chi connectivity index (χ0) is 39.2. The van der Waals surface area contributed by atoms with Gasteiger partial charge >= 0.3 is 11.9 Å². The number of nitrogens with zero attached hydrogens (tertiary/aromatic N) is 1. The number of aromatic nitrogens is 2. The van der Waals surface area contributed by atoms with Gasteiger partial charge in [-0.25, -0.2) is 4.98 Å². The van der Waals surface area contributed by atoms with Crippen LogP contribution in [0.25, 0.3) is 11.1 Å². The van der Waals surface area contributed by atoms with Crippen molar-refractivity contribution in [2.24, 2.45) is 47.3 Å². The number of carbonyl (C=O) groups excluding carboxylic acids is 2. The molecule has 11 nitrogen and oxygen atoms in total. The SMILES string of the molecule is CC(=O)OC(CCc1cc(OCCO)c(O)cc1-c1ccnc(N)c1)CC(OC(C)=O)C1CC2CC3C(CCC(c4ccc[nH]4)C3CC2C(C)C)C(CO)C1. The number of anilines is 1. The summed E-state index contributed by atoms with van der Waals surface area (Å²) in [4.78, 5) is 33.1. The van der Waals surface area contributed by atoms with Gasteiger partial charge in [-0.3, -0.25) is 9.59 Å². The summed E-state index contributed by atoms with van der Waals surface area (Å²) in [5.41, 5.74) is 9.68. The highest BCUT2D eigenvalue weighted by atomic mass is 16.6. The highest BCUT2D eigenvalue weighted by Crippen LogP contribution is 2.59. The van der Waals surface area contributed by atoms with Gasteiger partial charge in [-0.05, 0) is 152 Å². The van der Waals surface area contributed by atoms with E-state index >= 15 is 0 Å². The molecular weight excluding hydrogens is 698 g/mol. The molecule has 10 unspecified atom stereocenters. The number of phenols is 1. The van der Waals surface area contributed by atoms with E-state index in [2.05, 4.69) is 35.9 Å². The summed E-state index contributed by atoms with van der Waals surface area (Å²) < 4.78 is 17.9. The second-order valence-electron chi connectivity index (χ2n) is 16.8. The lowest BCUT2D eigenvalue weighted by atomic mass is 9.50. The van der Waals surface area contributed by atoms with Crippen molar-refractivity contribution in [2.45, 2.75) is 104 Å². The monoisotopic (exact) mass is 759 g/mol. The van der Waals surface area contributed by atoms with Crippen LogP contribution in [0, 0.1) is 47.3 Å². The van der Waals surface area contributed by atoms with E-state index in [4.69, 9.17) is 19.9 Å². The molecular formula is C44H61N3O8. The molecule has 3 aliphatic rings. The second-order valence-corrected chi connectivity index (χ2v) is 16.8. The minimum absolute atomic E-state index is 0.00787. The molecule has 3 aromatic rings. The average molecular weight is 760 g/mol. The van der Waals surface area contributed by atoms with Crippen LogP contribution in [0.1, 0.15) is 96.2 Å². The number of aliphatic hydroxyl groups is 2. The molecule has 3 fully saturated rings. The van der Waals surface area contributed by atoms with E-state index in [1.807, 2.05) is 12.3 Å². The van der Waals surface area contributed by atoms with Gasteiger partial charge in [0.2, 0.25) is 0 Å². The molecule has 55 heavy (non-hydrogen) atoms. The number of aromatic hydroxyl groups is 1. The first-order valence-corrected chi connectivity index (χ1v) is 20.4. The quantitative estimate of drug-likeness (QED) is 0.101. The van der Waals surface area contributed by atoms with Crippen LogP contribution in [0.15, 0.2) is 48.8 Å². The molecule has 2 aromatic heterocycles. The first-order chi connectivity index (χ1) is 26.4. The number of hydrogen-bond acceptors (Lipinski definition) is 10. The molecule has 3 aliphatic carbocycles. The molecule has 6 N–H and O–H groups in total. The average Bonchev–Trinajstić information content (AvgIpc) is 3.68. The number of nitrogens with two attached hydrogens (primary N) is 1. The van der Waals surface area contributed by atoms with Gasteiger partial charge in [0, 0.05) is 50.9 Å². The topological polar surface area (TPSA) is 177 Å². The fourth-order valence-electron chi connectivity index (χ4n) is 10.9. The van der Waals surface area contributed by atoms with Crippen LogP contribution in [-0.4, -0.2) is 69.3 Å². The van der Waals surface area contributed by atoms with Crippen LogP contribution >= 0.6 is 0 Å². The van der Waals surface area contributed by atoms with Gasteiger partial charge in [0.05, 0.1) is 6.61 Å². The lowest BCUT2D eigenvalue weighted by Gasteiger charge is -2.55. The molecule has 6 rings (SSSR count). The van der Waals surface area contributed by atoms with Gasteiger partial charge in [0.15, 0.2) is 11.5 Å². The van der Waals surface area contributed by atoms with Crippen molar-refractivity contribution in [1.82, 2.24) is 9.97 Å². The number of phenolic OH excluding ortho intramolecular Hbond substituents is 1. The van der Waals surface area contributed by atoms with Gasteiger partial charge in [-0.2, -0.15) is 0 Å². The molecule has 3 saturated carbocycles. The van der Waals surface area contributed by atoms with E-state index in [0.29, 0.717) is 66.5 Å². The smallest absolute Gasteiger partial charge is 0.302 e. The van der Waals surface area contributed by atoms with Crippen LogP contribution in [0.3, 0.4) is 0 Å². The van der Waals surface area contributed by atoms with E-state index in [1.54, 1.807) is 24.4 Å². The molecule has 10 atom stereocenters. The second kappa shape index (κ2) is 18.2. The largest absolute Gasteiger partial charge is 0.504 e. The third-order valence-electron chi connectivity index (χ3n) is 13.1. The van der Waals surface area contributed by atoms with E-state index in [0.717, 1.165) is 55.2 Å². The Hall–Kier alpha value is -4.09. The Morgan fingerprint density at radius 1 is 0.982 bits per heavy atom. The summed E-state index contributed by atoms with van der Waals surface area (Å²) in [6.45, 7) is 7.43. The Morgan fingerprint density at radius 2 is 1.78 bits per heavy atom. The van der Waals surface area contributed by atoms with Gasteiger partial charge < -0.3 is 40.2 Å². The number of carbonyl (C=O) groups is 2. The van der Waals surface area contributed by atoms with Crippen LogP contribution < -0.4 is 10.5 Å². The Kier molecular flexibility index (Phi) is 13.5. The third-order valence-corrected chi connectivity index (χ3v) is 13.1. The first-order valence-electron chi connectivity index (χ1n) is 20.4. The van der Waals surface area contributed by atoms with Crippen molar-refractivity contribution < 1.29 is 39.1 Å². The Labute approximate surface area is 325 Å². The molecule has 0 amide bonds. The number of aryl methyl sites for hydroxylation is 1. The molecule has 1 aromatic carbocycles. The number of nitrogen functional groups attached to an aromatic ring is 1. The maximum Gasteiger partial charge on any atom is 0.302 e. The summed E-state index contributed by atoms with van der Waals surface area (Å²) in [6, 6.07) is 11.3. The molecule has 0 aliphatic heterocycles. The lowest BCUT2D eigenvalue weighted by molar-refractivity contribution is -0.158. The Balaban J connectivity index is 1.28. The normalized spacial score (nSPS) is 27.4. The Morgan fingerprint density at radius 3 is 2.45 bits per heavy atom. The number of fused-ring (bicyclic) bond motifs is 1. The van der Waals surface area contributed by atoms with E-state index < -0.39 is 18.2 Å². The summed E-state index contributed by atoms with van der Waals surface area (Å²) in [5.74, 6) is 3.31. The van der Waals surface area contributed by atoms with E-state index in [-0.39, 0.29) is 49.1 Å². The fourth-order valence-corrected chi connectivity index (χ4v) is 10.9. The minimum atomic E-state index is -0.577. The molecule has 2 heterocycles. The van der Waals surface area contributed by atoms with Crippen LogP contribution in [-0.2, 0) is 25.5 Å². The van der Waals surface area contributed by atoms with Gasteiger partial charge in [0.25, 0.3) is 0 Å². The maximum atomic E-state index is 12.8. The van der Waals surface area contributed by atoms with E-state index in [1.165, 1.54) is 19.5 Å². The lowest BCUT2D eigenvalue weighted by Crippen LogP contribution is -2.49. The summed E-state index contributed by atoms with van der Waals surface area (Å²) in [5, 5.41) is 31.2. The number of pyridine rings is 1. The summed E-state index contributed by atoms with van der Waals surface area (Å²) in [7, 11) is 0. The molecule has 2 bridgehead atoms. The standard InChI is InChI=1S/C44H61N3O8/c1-25(2)36-22-39-35(40-6-5-12-46-40)10-9-34-32(24-49)17-31(16-30(36)18-38(34)39)42(55-27(4)51)21-33(54-26(3)50)8-7-28-19-43(53-15-14-48)41(52)23-37(28)29-11-13-47-44(45)20-29/h5-6,11-13,19-20,23,25,30-36,38-39,42,46,48-49,52H,7-10,14-18,21-22,24H2,1-4H3,(H2,45,47). The molecule has 0 radical (unpaired) electrons. The number of rotatable bonds is 15. The Bertz CT molecular complexity index is 1730. The van der Waals surface area contributed by atoms with Crippen molar-refractivity contribution in [1.29, 1.82) is 0 Å². The zero-order valence-corrected chi connectivity index (χ0v) is 32.9. The minimum Gasteiger partial charge on any atom is -0.504 e. The van der Waals surface area contributed by atoms with E-state index in [9.17, 15) is 24.9 Å². The first kappa shape index (κ1) is 40.6. The number of ether oxygens (including phenoxy) is 3. The number of esters is 2. The van der Waals surface area contributed by atoms with Crippen molar-refractivity contribution in [3.63, 3.8) is 0 Å². The third kappa shape index (κ3) is 9.66. The highest BCUT2D eigenvalue weighted by molar-refractivity contribution is 5.72. The van der Waals surface area contributed by atoms with Crippen molar-refractivity contribution in [3.8, 4) is 22.6 Å². The van der Waals surface area contributed by atoms with Gasteiger partial charge in [-0.1, -0.05) is 13.8 Å². The van der Waals surface area contributed by atoms with Crippen molar-refractivity contribution in [3.05, 3.63) is 60.0 Å². The van der Waals surface area contributed by atoms with Gasteiger partial charge in [0.1, 0.15) is 24.6 Å². The predicted octanol–water partition coefficient (Wildman–Crippen LogP) is 7.05. The zero-order valence-electron chi connectivity index (χ0n) is 32.9. The molecule has 0 saturated heterocycles. The number of nitrogens with one attached hydrogen (secondary N) is 1. The molecule has 0 spiro atoms. The number of H-pyrrole nitrogens is 1. The van der Waals surface area contributed by atoms with Crippen molar-refractivity contribution >= 4 is 17.8 Å². The van der Waals surface area contributed by atoms with Crippen LogP contribution in [0.4, 0.5) is 5.82 Å². The molecule has 300 valence electrons. The van der Waals surface area contributed by atoms with Crippen LogP contribution in [0.2, 0.25) is 0 Å². The summed E-state index contributed by atoms with van der Waals surface area (Å²) >= 11 is 0. The van der Waals surface area contributed by atoms with Crippen LogP contribution in [0.5, 0.6) is 11.5 Å². The number of aliphatic hydroxyl groups excluding tert-OH is 2. The van der Waals surface area contributed by atoms with Crippen molar-refractivity contribution in [2.75, 3.05) is 25.6 Å². The summed E-state index contributed by atoms with van der Waals surface area (Å²) in [6.07, 6.45) is 9.83. The number of benzene rings is 1. The van der Waals surface area contributed by atoms with Gasteiger partial charge in [-0.15, -0.1) is 0 Å². The number of aromatic amines is 1. The maximum absolute atomic E-state index is 12.8.